The molecule has 20 heavy (non-hydrogen) atoms. The van der Waals surface area contributed by atoms with E-state index in [9.17, 15) is 0 Å². The summed E-state index contributed by atoms with van der Waals surface area (Å²) in [4.78, 5) is 7.09. The first-order chi connectivity index (χ1) is 9.50. The van der Waals surface area contributed by atoms with Crippen LogP contribution in [0.3, 0.4) is 0 Å². The summed E-state index contributed by atoms with van der Waals surface area (Å²) in [5.74, 6) is 1.04. The number of aryl methyl sites for hydroxylation is 2. The molecule has 0 saturated carbocycles. The lowest BCUT2D eigenvalue weighted by Gasteiger charge is -2.23. The molecule has 0 amide bonds. The Bertz CT molecular complexity index is 565. The summed E-state index contributed by atoms with van der Waals surface area (Å²) < 4.78 is 0. The number of oxime groups is 1. The number of amidine groups is 1. The van der Waals surface area contributed by atoms with Gasteiger partial charge in [-0.1, -0.05) is 19.0 Å². The van der Waals surface area contributed by atoms with Crippen molar-refractivity contribution in [2.24, 2.45) is 16.3 Å². The molecule has 0 aromatic carbocycles. The van der Waals surface area contributed by atoms with E-state index in [1.807, 2.05) is 0 Å². The fraction of sp³-hybridized carbons (Fsp3) is 0.600. The van der Waals surface area contributed by atoms with Crippen molar-refractivity contribution in [2.75, 3.05) is 18.0 Å². The van der Waals surface area contributed by atoms with Gasteiger partial charge < -0.3 is 15.8 Å². The summed E-state index contributed by atoms with van der Waals surface area (Å²) in [6.07, 6.45) is 4.37. The number of anilines is 1. The predicted molar refractivity (Wildman–Crippen MR) is 79.4 cm³/mol. The van der Waals surface area contributed by atoms with Crippen molar-refractivity contribution in [1.82, 2.24) is 4.98 Å². The Morgan fingerprint density at radius 1 is 1.45 bits per heavy atom. The predicted octanol–water partition coefficient (Wildman–Crippen LogP) is 1.90. The third-order valence-corrected chi connectivity index (χ3v) is 4.39. The lowest BCUT2D eigenvalue weighted by atomic mass is 9.93. The van der Waals surface area contributed by atoms with Crippen LogP contribution in [0.4, 0.5) is 5.82 Å². The Morgan fingerprint density at radius 2 is 2.25 bits per heavy atom. The Balaban J connectivity index is 2.05. The second-order valence-corrected chi connectivity index (χ2v) is 6.64. The maximum Gasteiger partial charge on any atom is 0.173 e. The van der Waals surface area contributed by atoms with E-state index in [4.69, 9.17) is 15.9 Å². The minimum Gasteiger partial charge on any atom is -0.409 e. The van der Waals surface area contributed by atoms with Crippen LogP contribution in [0.5, 0.6) is 0 Å². The highest BCUT2D eigenvalue weighted by Crippen LogP contribution is 2.35. The molecule has 1 saturated heterocycles. The van der Waals surface area contributed by atoms with Gasteiger partial charge in [0.05, 0.1) is 5.56 Å². The molecule has 5 heteroatoms. The van der Waals surface area contributed by atoms with Gasteiger partial charge in [0.2, 0.25) is 0 Å². The van der Waals surface area contributed by atoms with Gasteiger partial charge in [-0.2, -0.15) is 0 Å². The van der Waals surface area contributed by atoms with Gasteiger partial charge in [-0.25, -0.2) is 4.98 Å². The van der Waals surface area contributed by atoms with Gasteiger partial charge in [0.25, 0.3) is 0 Å². The number of rotatable bonds is 2. The number of fused-ring (bicyclic) bond motifs is 1. The van der Waals surface area contributed by atoms with Gasteiger partial charge >= 0.3 is 0 Å². The molecule has 1 aromatic heterocycles. The minimum absolute atomic E-state index is 0.159. The van der Waals surface area contributed by atoms with E-state index in [0.717, 1.165) is 50.2 Å². The number of hydrogen-bond donors (Lipinski definition) is 2. The fourth-order valence-corrected chi connectivity index (χ4v) is 3.24. The first-order valence-corrected chi connectivity index (χ1v) is 7.26. The van der Waals surface area contributed by atoms with Crippen molar-refractivity contribution in [2.45, 2.75) is 39.5 Å². The smallest absolute Gasteiger partial charge is 0.173 e. The average Bonchev–Trinajstić information content (AvgIpc) is 3.01. The van der Waals surface area contributed by atoms with Gasteiger partial charge in [0.15, 0.2) is 5.84 Å². The summed E-state index contributed by atoms with van der Waals surface area (Å²) in [5, 5.41) is 12.2. The SMILES string of the molecule is CC1(C)CCN(c2nc3c(cc2C(N)=NO)CCC3)C1. The standard InChI is InChI=1S/C15H22N4O/c1-15(2)6-7-19(9-15)14-11(13(16)18-20)8-10-4-3-5-12(10)17-14/h8,20H,3-7,9H2,1-2H3,(H2,16,18). The summed E-state index contributed by atoms with van der Waals surface area (Å²) >= 11 is 0. The van der Waals surface area contributed by atoms with Crippen LogP contribution in [-0.4, -0.2) is 29.1 Å². The Labute approximate surface area is 119 Å². The van der Waals surface area contributed by atoms with Crippen LogP contribution in [0.15, 0.2) is 11.2 Å². The minimum atomic E-state index is 0.159. The summed E-state index contributed by atoms with van der Waals surface area (Å²) in [5.41, 5.74) is 9.35. The van der Waals surface area contributed by atoms with Crippen LogP contribution < -0.4 is 10.6 Å². The molecule has 2 heterocycles. The Kier molecular flexibility index (Phi) is 3.07. The fourth-order valence-electron chi connectivity index (χ4n) is 3.24. The van der Waals surface area contributed by atoms with Crippen LogP contribution in [0.25, 0.3) is 0 Å². The topological polar surface area (TPSA) is 74.7 Å². The van der Waals surface area contributed by atoms with Crippen molar-refractivity contribution < 1.29 is 5.21 Å². The first-order valence-electron chi connectivity index (χ1n) is 7.26. The van der Waals surface area contributed by atoms with Crippen LogP contribution in [0.1, 0.15) is 43.5 Å². The van der Waals surface area contributed by atoms with Gasteiger partial charge in [-0.05, 0) is 42.7 Å². The zero-order valence-electron chi connectivity index (χ0n) is 12.2. The van der Waals surface area contributed by atoms with Crippen molar-refractivity contribution in [3.05, 3.63) is 22.9 Å². The molecule has 0 spiro atoms. The number of pyridine rings is 1. The quantitative estimate of drug-likeness (QED) is 0.374. The van der Waals surface area contributed by atoms with E-state index in [1.165, 1.54) is 11.3 Å². The van der Waals surface area contributed by atoms with Gasteiger partial charge in [0.1, 0.15) is 5.82 Å². The lowest BCUT2D eigenvalue weighted by molar-refractivity contribution is 0.318. The van der Waals surface area contributed by atoms with Crippen molar-refractivity contribution in [3.8, 4) is 0 Å². The number of hydrogen-bond acceptors (Lipinski definition) is 4. The van der Waals surface area contributed by atoms with Gasteiger partial charge in [0, 0.05) is 18.8 Å². The molecule has 108 valence electrons. The second-order valence-electron chi connectivity index (χ2n) is 6.64. The molecule has 1 aliphatic heterocycles. The molecular weight excluding hydrogens is 252 g/mol. The maximum atomic E-state index is 9.02. The monoisotopic (exact) mass is 274 g/mol. The van der Waals surface area contributed by atoms with E-state index in [2.05, 4.69) is 30.0 Å². The molecule has 1 aliphatic carbocycles. The molecule has 0 unspecified atom stereocenters. The van der Waals surface area contributed by atoms with Crippen LogP contribution in [0, 0.1) is 5.41 Å². The van der Waals surface area contributed by atoms with E-state index < -0.39 is 0 Å². The van der Waals surface area contributed by atoms with Crippen molar-refractivity contribution in [3.63, 3.8) is 0 Å². The summed E-state index contributed by atoms with van der Waals surface area (Å²) in [6, 6.07) is 2.06. The molecule has 3 rings (SSSR count). The Morgan fingerprint density at radius 3 is 2.90 bits per heavy atom. The molecule has 0 atom stereocenters. The number of nitrogens with two attached hydrogens (primary N) is 1. The van der Waals surface area contributed by atoms with Crippen LogP contribution in [-0.2, 0) is 12.8 Å². The Hall–Kier alpha value is -1.78. The lowest BCUT2D eigenvalue weighted by Crippen LogP contribution is -2.28. The van der Waals surface area contributed by atoms with E-state index >= 15 is 0 Å². The van der Waals surface area contributed by atoms with Gasteiger partial charge in [-0.15, -0.1) is 0 Å². The normalized spacial score (nSPS) is 21.3. The largest absolute Gasteiger partial charge is 0.409 e. The van der Waals surface area contributed by atoms with E-state index in [-0.39, 0.29) is 5.84 Å². The summed E-state index contributed by atoms with van der Waals surface area (Å²) in [6.45, 7) is 6.47. The summed E-state index contributed by atoms with van der Waals surface area (Å²) in [7, 11) is 0. The highest BCUT2D eigenvalue weighted by molar-refractivity contribution is 6.01. The molecule has 1 aromatic rings. The molecule has 3 N–H and O–H groups in total. The average molecular weight is 274 g/mol. The number of aromatic nitrogens is 1. The molecule has 2 aliphatic rings. The second kappa shape index (κ2) is 4.65. The number of nitrogens with zero attached hydrogens (tertiary/aromatic N) is 3. The molecular formula is C15H22N4O. The molecule has 0 radical (unpaired) electrons. The van der Waals surface area contributed by atoms with E-state index in [1.54, 1.807) is 0 Å². The third kappa shape index (κ3) is 2.21. The zero-order valence-corrected chi connectivity index (χ0v) is 12.2. The highest BCUT2D eigenvalue weighted by Gasteiger charge is 2.32. The third-order valence-electron chi connectivity index (χ3n) is 4.39. The molecule has 1 fully saturated rings. The van der Waals surface area contributed by atoms with Crippen LogP contribution >= 0.6 is 0 Å². The van der Waals surface area contributed by atoms with E-state index in [0.29, 0.717) is 5.41 Å². The van der Waals surface area contributed by atoms with Crippen molar-refractivity contribution >= 4 is 11.7 Å². The molecule has 0 bridgehead atoms. The van der Waals surface area contributed by atoms with Crippen molar-refractivity contribution in [1.29, 1.82) is 0 Å². The molecule has 5 nitrogen and oxygen atoms in total. The van der Waals surface area contributed by atoms with Crippen LogP contribution in [0.2, 0.25) is 0 Å². The first kappa shape index (κ1) is 13.2. The zero-order chi connectivity index (χ0) is 14.3. The highest BCUT2D eigenvalue weighted by atomic mass is 16.4. The maximum absolute atomic E-state index is 9.02. The van der Waals surface area contributed by atoms with Gasteiger partial charge in [-0.3, -0.25) is 0 Å².